The lowest BCUT2D eigenvalue weighted by Gasteiger charge is -2.38. The van der Waals surface area contributed by atoms with Gasteiger partial charge >= 0.3 is 6.18 Å². The van der Waals surface area contributed by atoms with Gasteiger partial charge in [-0.25, -0.2) is 0 Å². The van der Waals surface area contributed by atoms with Crippen molar-refractivity contribution in [1.29, 1.82) is 0 Å². The molecule has 0 aliphatic carbocycles. The molecule has 2 unspecified atom stereocenters. The number of hydrogen-bond acceptors (Lipinski definition) is 4. The number of para-hydroxylation sites is 2. The lowest BCUT2D eigenvalue weighted by Crippen LogP contribution is -2.58. The second-order valence-electron chi connectivity index (χ2n) is 5.71. The second-order valence-corrected chi connectivity index (χ2v) is 5.71. The number of ether oxygens (including phenoxy) is 2. The largest absolute Gasteiger partial charge is 0.480 e. The van der Waals surface area contributed by atoms with Gasteiger partial charge in [-0.2, -0.15) is 13.2 Å². The van der Waals surface area contributed by atoms with Crippen molar-refractivity contribution in [1.82, 2.24) is 10.2 Å². The molecule has 0 aromatic heterocycles. The minimum absolute atomic E-state index is 0.0200. The summed E-state index contributed by atoms with van der Waals surface area (Å²) in [6, 6.07) is 6.19. The average molecular weight is 346 g/mol. The summed E-state index contributed by atoms with van der Waals surface area (Å²) >= 11 is 0. The molecule has 1 heterocycles. The van der Waals surface area contributed by atoms with Crippen LogP contribution in [0.4, 0.5) is 13.2 Å². The quantitative estimate of drug-likeness (QED) is 0.888. The fourth-order valence-electron chi connectivity index (χ4n) is 2.48. The van der Waals surface area contributed by atoms with Gasteiger partial charge in [0.15, 0.2) is 24.7 Å². The number of nitrogens with zero attached hydrogens (tertiary/aromatic N) is 1. The maximum atomic E-state index is 12.3. The molecule has 1 N–H and O–H groups in total. The first-order valence-electron chi connectivity index (χ1n) is 7.72. The van der Waals surface area contributed by atoms with Crippen molar-refractivity contribution in [2.24, 2.45) is 0 Å². The minimum Gasteiger partial charge on any atom is -0.480 e. The molecule has 1 aliphatic heterocycles. The number of carbonyl (C=O) groups is 1. The number of benzene rings is 1. The molecule has 0 saturated carbocycles. The average Bonchev–Trinajstić information content (AvgIpc) is 2.53. The van der Waals surface area contributed by atoms with E-state index < -0.39 is 12.8 Å². The van der Waals surface area contributed by atoms with E-state index in [-0.39, 0.29) is 36.1 Å². The molecule has 134 valence electrons. The zero-order valence-corrected chi connectivity index (χ0v) is 13.6. The van der Waals surface area contributed by atoms with Crippen molar-refractivity contribution >= 4 is 5.91 Å². The van der Waals surface area contributed by atoms with Crippen LogP contribution in [0.5, 0.6) is 11.5 Å². The van der Waals surface area contributed by atoms with Gasteiger partial charge < -0.3 is 19.7 Å². The molecule has 1 amide bonds. The predicted molar refractivity (Wildman–Crippen MR) is 82.1 cm³/mol. The Morgan fingerprint density at radius 1 is 1.25 bits per heavy atom. The number of alkyl halides is 3. The summed E-state index contributed by atoms with van der Waals surface area (Å²) in [5.74, 6) is -0.128. The van der Waals surface area contributed by atoms with Gasteiger partial charge in [0.25, 0.3) is 5.91 Å². The first kappa shape index (κ1) is 18.4. The lowest BCUT2D eigenvalue weighted by molar-refractivity contribution is -0.153. The van der Waals surface area contributed by atoms with Crippen molar-refractivity contribution in [3.8, 4) is 11.5 Å². The summed E-state index contributed by atoms with van der Waals surface area (Å²) in [4.78, 5) is 14.0. The summed E-state index contributed by atoms with van der Waals surface area (Å²) < 4.78 is 47.0. The van der Waals surface area contributed by atoms with Gasteiger partial charge in [-0.1, -0.05) is 12.1 Å². The lowest BCUT2D eigenvalue weighted by atomic mass is 10.1. The van der Waals surface area contributed by atoms with E-state index in [0.29, 0.717) is 13.1 Å². The summed E-state index contributed by atoms with van der Waals surface area (Å²) in [5.41, 5.74) is 0. The number of rotatable bonds is 5. The van der Waals surface area contributed by atoms with E-state index in [2.05, 4.69) is 5.32 Å². The summed E-state index contributed by atoms with van der Waals surface area (Å²) in [5, 5.41) is 3.27. The molecule has 2 atom stereocenters. The van der Waals surface area contributed by atoms with Crippen LogP contribution in [0.2, 0.25) is 0 Å². The van der Waals surface area contributed by atoms with Crippen LogP contribution in [0.15, 0.2) is 24.3 Å². The van der Waals surface area contributed by atoms with Gasteiger partial charge in [0.05, 0.1) is 0 Å². The van der Waals surface area contributed by atoms with Gasteiger partial charge in [-0.15, -0.1) is 0 Å². The third-order valence-corrected chi connectivity index (χ3v) is 3.95. The van der Waals surface area contributed by atoms with Crippen LogP contribution in [0.25, 0.3) is 0 Å². The Hall–Kier alpha value is -1.96. The van der Waals surface area contributed by atoms with E-state index in [1.165, 1.54) is 12.1 Å². The molecule has 2 rings (SSSR count). The summed E-state index contributed by atoms with van der Waals surface area (Å²) in [6.07, 6.45) is -4.44. The predicted octanol–water partition coefficient (Wildman–Crippen LogP) is 2.22. The first-order valence-corrected chi connectivity index (χ1v) is 7.72. The van der Waals surface area contributed by atoms with Crippen molar-refractivity contribution in [3.05, 3.63) is 24.3 Å². The Kier molecular flexibility index (Phi) is 5.93. The standard InChI is InChI=1S/C16H21F3N2O3/c1-11-12(2)21(8-7-20-11)15(22)9-23-13-5-3-4-6-14(13)24-10-16(17,18)19/h3-6,11-12,20H,7-10H2,1-2H3. The monoisotopic (exact) mass is 346 g/mol. The molecule has 1 fully saturated rings. The minimum atomic E-state index is -4.44. The van der Waals surface area contributed by atoms with E-state index in [4.69, 9.17) is 9.47 Å². The fraction of sp³-hybridized carbons (Fsp3) is 0.562. The SMILES string of the molecule is CC1NCCN(C(=O)COc2ccccc2OCC(F)(F)F)C1C. The van der Waals surface area contributed by atoms with Gasteiger partial charge in [-0.3, -0.25) is 4.79 Å². The zero-order valence-electron chi connectivity index (χ0n) is 13.6. The second kappa shape index (κ2) is 7.74. The van der Waals surface area contributed by atoms with Gasteiger partial charge in [0, 0.05) is 25.2 Å². The first-order chi connectivity index (χ1) is 11.3. The van der Waals surface area contributed by atoms with Crippen LogP contribution in [0.3, 0.4) is 0 Å². The highest BCUT2D eigenvalue weighted by Crippen LogP contribution is 2.28. The Morgan fingerprint density at radius 3 is 2.50 bits per heavy atom. The Balaban J connectivity index is 1.95. The summed E-state index contributed by atoms with van der Waals surface area (Å²) in [6.45, 7) is 3.54. The van der Waals surface area contributed by atoms with E-state index in [1.54, 1.807) is 17.0 Å². The number of hydrogen-bond donors (Lipinski definition) is 1. The third-order valence-electron chi connectivity index (χ3n) is 3.95. The Morgan fingerprint density at radius 2 is 1.88 bits per heavy atom. The number of nitrogens with one attached hydrogen (secondary N) is 1. The van der Waals surface area contributed by atoms with Crippen molar-refractivity contribution in [2.75, 3.05) is 26.3 Å². The number of halogens is 3. The third kappa shape index (κ3) is 5.02. The van der Waals surface area contributed by atoms with Gasteiger partial charge in [0.2, 0.25) is 0 Å². The Bertz CT molecular complexity index is 566. The molecule has 1 saturated heterocycles. The molecule has 0 spiro atoms. The van der Waals surface area contributed by atoms with Gasteiger partial charge in [0.1, 0.15) is 0 Å². The number of piperazine rings is 1. The highest BCUT2D eigenvalue weighted by atomic mass is 19.4. The van der Waals surface area contributed by atoms with E-state index >= 15 is 0 Å². The highest BCUT2D eigenvalue weighted by Gasteiger charge is 2.30. The molecule has 0 radical (unpaired) electrons. The number of amides is 1. The molecule has 8 heteroatoms. The van der Waals surface area contributed by atoms with E-state index in [1.807, 2.05) is 13.8 Å². The van der Waals surface area contributed by atoms with Crippen LogP contribution in [-0.2, 0) is 4.79 Å². The van der Waals surface area contributed by atoms with E-state index in [0.717, 1.165) is 0 Å². The number of carbonyl (C=O) groups excluding carboxylic acids is 1. The fourth-order valence-corrected chi connectivity index (χ4v) is 2.48. The van der Waals surface area contributed by atoms with Crippen LogP contribution in [-0.4, -0.2) is 55.4 Å². The van der Waals surface area contributed by atoms with E-state index in [9.17, 15) is 18.0 Å². The highest BCUT2D eigenvalue weighted by molar-refractivity contribution is 5.78. The van der Waals surface area contributed by atoms with Crippen molar-refractivity contribution in [2.45, 2.75) is 32.1 Å². The molecule has 1 aromatic carbocycles. The van der Waals surface area contributed by atoms with Crippen molar-refractivity contribution < 1.29 is 27.4 Å². The molecule has 1 aromatic rings. The summed E-state index contributed by atoms with van der Waals surface area (Å²) in [7, 11) is 0. The normalized spacial score (nSPS) is 21.5. The maximum absolute atomic E-state index is 12.3. The van der Waals surface area contributed by atoms with Crippen LogP contribution in [0.1, 0.15) is 13.8 Å². The van der Waals surface area contributed by atoms with Crippen LogP contribution >= 0.6 is 0 Å². The smallest absolute Gasteiger partial charge is 0.422 e. The molecule has 1 aliphatic rings. The topological polar surface area (TPSA) is 50.8 Å². The molecule has 5 nitrogen and oxygen atoms in total. The van der Waals surface area contributed by atoms with Crippen molar-refractivity contribution in [3.63, 3.8) is 0 Å². The molecule has 0 bridgehead atoms. The molecular formula is C16H21F3N2O3. The molecular weight excluding hydrogens is 325 g/mol. The van der Waals surface area contributed by atoms with Gasteiger partial charge in [-0.05, 0) is 26.0 Å². The van der Waals surface area contributed by atoms with Crippen LogP contribution in [0, 0.1) is 0 Å². The Labute approximate surface area is 138 Å². The maximum Gasteiger partial charge on any atom is 0.422 e. The van der Waals surface area contributed by atoms with Crippen LogP contribution < -0.4 is 14.8 Å². The zero-order chi connectivity index (χ0) is 17.7. The molecule has 24 heavy (non-hydrogen) atoms.